The van der Waals surface area contributed by atoms with Crippen LogP contribution in [-0.2, 0) is 0 Å². The molecular formula is C5H18GeO5Se. The van der Waals surface area contributed by atoms with Gasteiger partial charge in [0.05, 0.1) is 13.2 Å². The molecule has 0 fully saturated rings. The van der Waals surface area contributed by atoms with E-state index in [0.717, 1.165) is 0 Å². The molecule has 0 aliphatic heterocycles. The van der Waals surface area contributed by atoms with Crippen LogP contribution in [0, 0.1) is 0 Å². The van der Waals surface area contributed by atoms with Crippen LogP contribution in [0.3, 0.4) is 0 Å². The molecule has 0 aromatic heterocycles. The summed E-state index contributed by atoms with van der Waals surface area (Å²) in [6.45, 7) is -1.28. The van der Waals surface area contributed by atoms with E-state index in [1.54, 1.807) is 0 Å². The molecule has 0 saturated carbocycles. The molecule has 0 bridgehead atoms. The fraction of sp³-hybridized carbons (Fsp3) is 1.00. The van der Waals surface area contributed by atoms with Crippen molar-refractivity contribution in [3.8, 4) is 0 Å². The Balaban J connectivity index is -0.000000405. The number of hydrogen-bond acceptors (Lipinski definition) is 5. The van der Waals surface area contributed by atoms with E-state index in [9.17, 15) is 0 Å². The van der Waals surface area contributed by atoms with Crippen LogP contribution < -0.4 is 0 Å². The van der Waals surface area contributed by atoms with E-state index >= 15 is 0 Å². The molecule has 0 rings (SSSR count). The molecule has 5 nitrogen and oxygen atoms in total. The van der Waals surface area contributed by atoms with E-state index in [1.807, 2.05) is 0 Å². The topological polar surface area (TPSA) is 101 Å². The Hall–Kier alpha value is 0.862. The van der Waals surface area contributed by atoms with Gasteiger partial charge in [-0.05, 0) is 0 Å². The summed E-state index contributed by atoms with van der Waals surface area (Å²) < 4.78 is 0. The molecule has 0 saturated heterocycles. The summed E-state index contributed by atoms with van der Waals surface area (Å²) in [6, 6.07) is 0. The van der Waals surface area contributed by atoms with Crippen molar-refractivity contribution >= 4 is 34.7 Å². The Morgan fingerprint density at radius 3 is 1.25 bits per heavy atom. The number of aliphatic hydroxyl groups excluding tert-OH is 5. The number of rotatable bonds is 4. The predicted molar refractivity (Wildman–Crippen MR) is 52.1 cm³/mol. The maximum absolute atomic E-state index is 8.77. The van der Waals surface area contributed by atoms with Crippen LogP contribution in [0.25, 0.3) is 0 Å². The summed E-state index contributed by atoms with van der Waals surface area (Å²) in [5.74, 6) is 0. The van der Waals surface area contributed by atoms with Crippen LogP contribution in [-0.4, -0.2) is 91.7 Å². The van der Waals surface area contributed by atoms with Crippen molar-refractivity contribution < 1.29 is 25.5 Å². The zero-order chi connectivity index (χ0) is 8.15. The van der Waals surface area contributed by atoms with Gasteiger partial charge >= 0.3 is 34.7 Å². The molecule has 0 aliphatic rings. The Kier molecular flexibility index (Phi) is 15.4. The van der Waals surface area contributed by atoms with Gasteiger partial charge in [0.1, 0.15) is 18.3 Å². The fourth-order valence-electron chi connectivity index (χ4n) is 0.472. The van der Waals surface area contributed by atoms with E-state index in [1.165, 1.54) is 0 Å². The van der Waals surface area contributed by atoms with Gasteiger partial charge in [-0.25, -0.2) is 0 Å². The van der Waals surface area contributed by atoms with Crippen molar-refractivity contribution in [3.05, 3.63) is 0 Å². The molecule has 0 radical (unpaired) electrons. The van der Waals surface area contributed by atoms with Crippen LogP contribution in [0.2, 0.25) is 0 Å². The zero-order valence-corrected chi connectivity index (χ0v) is 7.98. The average Bonchev–Trinajstić information content (AvgIpc) is 2.00. The fourth-order valence-corrected chi connectivity index (χ4v) is 0.472. The van der Waals surface area contributed by atoms with Crippen molar-refractivity contribution in [2.24, 2.45) is 0 Å². The Morgan fingerprint density at radius 2 is 1.08 bits per heavy atom. The van der Waals surface area contributed by atoms with Crippen molar-refractivity contribution in [1.29, 1.82) is 0 Å². The summed E-state index contributed by atoms with van der Waals surface area (Å²) in [4.78, 5) is 0. The second-order valence-corrected chi connectivity index (χ2v) is 1.99. The normalized spacial score (nSPS) is 16.8. The van der Waals surface area contributed by atoms with Crippen LogP contribution >= 0.6 is 0 Å². The minimum absolute atomic E-state index is 0. The number of hydrogen-bond donors (Lipinski definition) is 5. The van der Waals surface area contributed by atoms with Gasteiger partial charge < -0.3 is 25.5 Å². The maximum atomic E-state index is 8.77. The summed E-state index contributed by atoms with van der Waals surface area (Å²) in [6.07, 6.45) is -4.29. The van der Waals surface area contributed by atoms with Crippen LogP contribution in [0.5, 0.6) is 0 Å². The first-order chi connectivity index (χ1) is 4.63. The summed E-state index contributed by atoms with van der Waals surface area (Å²) in [5, 5.41) is 42.6. The van der Waals surface area contributed by atoms with E-state index < -0.39 is 31.5 Å². The third-order valence-corrected chi connectivity index (χ3v) is 1.16. The van der Waals surface area contributed by atoms with Crippen LogP contribution in [0.15, 0.2) is 0 Å². The van der Waals surface area contributed by atoms with Crippen molar-refractivity contribution in [3.63, 3.8) is 0 Å². The van der Waals surface area contributed by atoms with Gasteiger partial charge in [-0.3, -0.25) is 0 Å². The van der Waals surface area contributed by atoms with Crippen LogP contribution in [0.4, 0.5) is 0 Å². The molecule has 5 N–H and O–H groups in total. The summed E-state index contributed by atoms with van der Waals surface area (Å²) >= 11 is 0. The molecule has 0 amide bonds. The minimum atomic E-state index is -1.49. The van der Waals surface area contributed by atoms with Gasteiger partial charge in [-0.15, -0.1) is 0 Å². The molecule has 0 aliphatic carbocycles. The molecule has 2 atom stereocenters. The third kappa shape index (κ3) is 6.39. The zero-order valence-electron chi connectivity index (χ0n) is 5.88. The standard InChI is InChI=1S/C5H12O5.GeH4.H2Se/c6-1-3(8)5(10)4(9)2-7;;/h3-10H,1-2H2;1H4;1H2. The van der Waals surface area contributed by atoms with E-state index in [4.69, 9.17) is 25.5 Å². The van der Waals surface area contributed by atoms with Gasteiger partial charge in [0.2, 0.25) is 0 Å². The molecule has 0 heterocycles. The Morgan fingerprint density at radius 1 is 0.833 bits per heavy atom. The molecule has 0 aromatic carbocycles. The van der Waals surface area contributed by atoms with E-state index in [0.29, 0.717) is 0 Å². The average molecular weight is 310 g/mol. The van der Waals surface area contributed by atoms with Gasteiger partial charge in [0.25, 0.3) is 0 Å². The molecule has 2 unspecified atom stereocenters. The molecular weight excluding hydrogens is 292 g/mol. The quantitative estimate of drug-likeness (QED) is 0.334. The van der Waals surface area contributed by atoms with Gasteiger partial charge in [-0.1, -0.05) is 0 Å². The molecule has 7 heteroatoms. The van der Waals surface area contributed by atoms with Gasteiger partial charge in [0, 0.05) is 0 Å². The molecule has 78 valence electrons. The van der Waals surface area contributed by atoms with E-state index in [2.05, 4.69) is 0 Å². The Labute approximate surface area is 91.9 Å². The molecule has 0 spiro atoms. The van der Waals surface area contributed by atoms with Crippen molar-refractivity contribution in [2.45, 2.75) is 18.3 Å². The van der Waals surface area contributed by atoms with Gasteiger partial charge in [-0.2, -0.15) is 0 Å². The SMILES string of the molecule is OCC(O)C(O)C(O)CO.[GeH4].[SeH2]. The molecule has 0 aromatic rings. The first-order valence-electron chi connectivity index (χ1n) is 2.89. The monoisotopic (exact) mass is 312 g/mol. The van der Waals surface area contributed by atoms with Crippen molar-refractivity contribution in [1.82, 2.24) is 0 Å². The van der Waals surface area contributed by atoms with E-state index in [-0.39, 0.29) is 34.7 Å². The predicted octanol–water partition coefficient (Wildman–Crippen LogP) is -5.31. The van der Waals surface area contributed by atoms with Gasteiger partial charge in [0.15, 0.2) is 0 Å². The molecule has 12 heavy (non-hydrogen) atoms. The summed E-state index contributed by atoms with van der Waals surface area (Å²) in [7, 11) is 0. The first kappa shape index (κ1) is 18.6. The summed E-state index contributed by atoms with van der Waals surface area (Å²) in [5.41, 5.74) is 0. The van der Waals surface area contributed by atoms with Crippen molar-refractivity contribution in [2.75, 3.05) is 13.2 Å². The third-order valence-electron chi connectivity index (χ3n) is 1.16. The number of aliphatic hydroxyl groups is 5. The Bertz CT molecular complexity index is 85.9. The second kappa shape index (κ2) is 9.95. The second-order valence-electron chi connectivity index (χ2n) is 1.99. The van der Waals surface area contributed by atoms with Crippen LogP contribution in [0.1, 0.15) is 0 Å². The first-order valence-corrected chi connectivity index (χ1v) is 2.89.